The number of benzene rings is 1. The minimum absolute atomic E-state index is 0.0156. The molecular formula is C28H29N3O6S3. The zero-order valence-corrected chi connectivity index (χ0v) is 24.9. The van der Waals surface area contributed by atoms with E-state index in [-0.39, 0.29) is 30.6 Å². The molecule has 210 valence electrons. The number of fused-ring (bicyclic) bond motifs is 2. The van der Waals surface area contributed by atoms with E-state index in [1.54, 1.807) is 29.7 Å². The maximum Gasteiger partial charge on any atom is 0.341 e. The molecule has 4 rings (SSSR count). The van der Waals surface area contributed by atoms with Gasteiger partial charge in [-0.25, -0.2) is 9.59 Å². The molecule has 1 aliphatic rings. The molecule has 3 aromatic rings. The Morgan fingerprint density at radius 1 is 1.23 bits per heavy atom. The SMILES string of the molecule is C#CCn1c(=NC(=O)CSCC(=O)Nc2sc3c(c2C(=O)OCC)CCC(C)C3)sc2cc(C(=O)OC)ccc21. The summed E-state index contributed by atoms with van der Waals surface area (Å²) in [6, 6.07) is 5.05. The van der Waals surface area contributed by atoms with E-state index in [1.807, 2.05) is 0 Å². The largest absolute Gasteiger partial charge is 0.465 e. The predicted octanol–water partition coefficient (Wildman–Crippen LogP) is 4.28. The fourth-order valence-electron chi connectivity index (χ4n) is 4.44. The third-order valence-electron chi connectivity index (χ3n) is 6.28. The summed E-state index contributed by atoms with van der Waals surface area (Å²) in [7, 11) is 1.31. The molecule has 1 aromatic carbocycles. The minimum Gasteiger partial charge on any atom is -0.465 e. The van der Waals surface area contributed by atoms with Gasteiger partial charge in [0, 0.05) is 4.88 Å². The van der Waals surface area contributed by atoms with Crippen molar-refractivity contribution in [1.29, 1.82) is 0 Å². The van der Waals surface area contributed by atoms with Crippen LogP contribution in [0.3, 0.4) is 0 Å². The van der Waals surface area contributed by atoms with Crippen LogP contribution in [0.2, 0.25) is 0 Å². The van der Waals surface area contributed by atoms with Gasteiger partial charge in [0.05, 0.1) is 53.1 Å². The van der Waals surface area contributed by atoms with Crippen molar-refractivity contribution in [3.05, 3.63) is 44.6 Å². The van der Waals surface area contributed by atoms with Gasteiger partial charge in [-0.05, 0) is 55.9 Å². The Morgan fingerprint density at radius 3 is 2.75 bits per heavy atom. The molecule has 0 radical (unpaired) electrons. The molecule has 12 heteroatoms. The number of ether oxygens (including phenoxy) is 2. The van der Waals surface area contributed by atoms with Crippen LogP contribution in [-0.2, 0) is 38.4 Å². The molecule has 0 fully saturated rings. The summed E-state index contributed by atoms with van der Waals surface area (Å²) in [6.45, 7) is 4.38. The van der Waals surface area contributed by atoms with Crippen LogP contribution < -0.4 is 10.1 Å². The second kappa shape index (κ2) is 13.3. The fourth-order valence-corrected chi connectivity index (χ4v) is 7.54. The molecule has 9 nitrogen and oxygen atoms in total. The van der Waals surface area contributed by atoms with Gasteiger partial charge in [-0.2, -0.15) is 4.99 Å². The van der Waals surface area contributed by atoms with Crippen molar-refractivity contribution < 1.29 is 28.7 Å². The number of carbonyl (C=O) groups is 4. The van der Waals surface area contributed by atoms with Crippen LogP contribution in [0.25, 0.3) is 10.2 Å². The van der Waals surface area contributed by atoms with E-state index in [0.717, 1.165) is 51.7 Å². The Morgan fingerprint density at radius 2 is 2.02 bits per heavy atom. The average molecular weight is 600 g/mol. The highest BCUT2D eigenvalue weighted by Gasteiger charge is 2.29. The fraction of sp³-hybridized carbons (Fsp3) is 0.393. The summed E-state index contributed by atoms with van der Waals surface area (Å²) in [5, 5.41) is 3.37. The van der Waals surface area contributed by atoms with E-state index >= 15 is 0 Å². The normalized spacial score (nSPS) is 14.8. The van der Waals surface area contributed by atoms with Gasteiger partial charge in [0.2, 0.25) is 5.91 Å². The van der Waals surface area contributed by atoms with Gasteiger partial charge in [0.25, 0.3) is 5.91 Å². The Kier molecular flexibility index (Phi) is 9.84. The molecule has 0 bridgehead atoms. The van der Waals surface area contributed by atoms with Crippen LogP contribution in [0.5, 0.6) is 0 Å². The number of anilines is 1. The van der Waals surface area contributed by atoms with Gasteiger partial charge >= 0.3 is 11.9 Å². The van der Waals surface area contributed by atoms with E-state index < -0.39 is 17.8 Å². The number of hydrogen-bond acceptors (Lipinski definition) is 9. The smallest absolute Gasteiger partial charge is 0.341 e. The molecule has 2 amide bonds. The van der Waals surface area contributed by atoms with Crippen LogP contribution in [0, 0.1) is 18.3 Å². The summed E-state index contributed by atoms with van der Waals surface area (Å²) in [5.74, 6) is 1.46. The molecule has 40 heavy (non-hydrogen) atoms. The molecule has 0 saturated heterocycles. The first kappa shape index (κ1) is 29.6. The Bertz CT molecular complexity index is 1580. The van der Waals surface area contributed by atoms with Crippen LogP contribution in [0.15, 0.2) is 23.2 Å². The Hall–Kier alpha value is -3.40. The van der Waals surface area contributed by atoms with Gasteiger partial charge in [-0.1, -0.05) is 24.2 Å². The molecule has 1 unspecified atom stereocenters. The first-order valence-corrected chi connectivity index (χ1v) is 15.5. The molecule has 0 saturated carbocycles. The minimum atomic E-state index is -0.463. The third kappa shape index (κ3) is 6.66. The summed E-state index contributed by atoms with van der Waals surface area (Å²) in [6.07, 6.45) is 8.16. The van der Waals surface area contributed by atoms with Gasteiger partial charge < -0.3 is 19.4 Å². The van der Waals surface area contributed by atoms with Crippen molar-refractivity contribution in [2.45, 2.75) is 39.7 Å². The van der Waals surface area contributed by atoms with E-state index in [2.05, 4.69) is 23.2 Å². The lowest BCUT2D eigenvalue weighted by Gasteiger charge is -2.18. The van der Waals surface area contributed by atoms with E-state index in [4.69, 9.17) is 15.9 Å². The zero-order chi connectivity index (χ0) is 28.8. The Labute approximate surface area is 244 Å². The van der Waals surface area contributed by atoms with E-state index in [9.17, 15) is 19.2 Å². The zero-order valence-electron chi connectivity index (χ0n) is 22.4. The number of thioether (sulfide) groups is 1. The molecule has 1 aliphatic carbocycles. The van der Waals surface area contributed by atoms with Crippen molar-refractivity contribution in [2.75, 3.05) is 30.5 Å². The second-order valence-corrected chi connectivity index (χ2v) is 12.3. The second-order valence-electron chi connectivity index (χ2n) is 9.17. The molecule has 0 spiro atoms. The standard InChI is InChI=1S/C28H29N3O6S3/c1-5-11-31-19-10-8-17(26(34)36-4)13-21(19)40-28(31)30-23(33)15-38-14-22(32)29-25-24(27(35)37-6-2)18-9-7-16(3)12-20(18)39-25/h1,8,10,13,16H,6-7,9,11-12,14-15H2,2-4H3,(H,29,32). The maximum atomic E-state index is 12.7. The number of nitrogens with one attached hydrogen (secondary N) is 1. The first-order valence-electron chi connectivity index (χ1n) is 12.7. The molecule has 0 aliphatic heterocycles. The van der Waals surface area contributed by atoms with Crippen molar-refractivity contribution in [2.24, 2.45) is 10.9 Å². The number of hydrogen-bond donors (Lipinski definition) is 1. The number of thiophene rings is 1. The summed E-state index contributed by atoms with van der Waals surface area (Å²) < 4.78 is 12.5. The summed E-state index contributed by atoms with van der Waals surface area (Å²) in [5.41, 5.74) is 2.56. The van der Waals surface area contributed by atoms with Crippen LogP contribution in [-0.4, -0.2) is 53.5 Å². The molecule has 2 heterocycles. The number of terminal acetylenes is 1. The molecule has 1 N–H and O–H groups in total. The predicted molar refractivity (Wildman–Crippen MR) is 158 cm³/mol. The van der Waals surface area contributed by atoms with Crippen LogP contribution in [0.4, 0.5) is 5.00 Å². The average Bonchev–Trinajstić information content (AvgIpc) is 3.44. The lowest BCUT2D eigenvalue weighted by Crippen LogP contribution is -2.19. The summed E-state index contributed by atoms with van der Waals surface area (Å²) >= 11 is 3.80. The number of rotatable bonds is 9. The lowest BCUT2D eigenvalue weighted by molar-refractivity contribution is -0.115. The maximum absolute atomic E-state index is 12.7. The molecule has 1 atom stereocenters. The van der Waals surface area contributed by atoms with Crippen molar-refractivity contribution in [3.63, 3.8) is 0 Å². The number of carbonyl (C=O) groups excluding carboxylic acids is 4. The number of thiazole rings is 1. The van der Waals surface area contributed by atoms with Crippen molar-refractivity contribution in [1.82, 2.24) is 4.57 Å². The number of esters is 2. The lowest BCUT2D eigenvalue weighted by atomic mass is 9.88. The molecular weight excluding hydrogens is 571 g/mol. The van der Waals surface area contributed by atoms with Gasteiger partial charge in [0.15, 0.2) is 4.80 Å². The van der Waals surface area contributed by atoms with E-state index in [0.29, 0.717) is 26.8 Å². The quantitative estimate of drug-likeness (QED) is 0.288. The topological polar surface area (TPSA) is 116 Å². The van der Waals surface area contributed by atoms with Crippen LogP contribution >= 0.6 is 34.4 Å². The van der Waals surface area contributed by atoms with Crippen LogP contribution in [0.1, 0.15) is 51.4 Å². The molecule has 2 aromatic heterocycles. The summed E-state index contributed by atoms with van der Waals surface area (Å²) in [4.78, 5) is 55.7. The highest BCUT2D eigenvalue weighted by Crippen LogP contribution is 2.40. The van der Waals surface area contributed by atoms with Gasteiger partial charge in [0.1, 0.15) is 5.00 Å². The van der Waals surface area contributed by atoms with Gasteiger partial charge in [-0.15, -0.1) is 29.5 Å². The van der Waals surface area contributed by atoms with Crippen molar-refractivity contribution in [3.8, 4) is 12.3 Å². The monoisotopic (exact) mass is 599 g/mol. The highest BCUT2D eigenvalue weighted by molar-refractivity contribution is 8.00. The first-order chi connectivity index (χ1) is 19.2. The van der Waals surface area contributed by atoms with Gasteiger partial charge in [-0.3, -0.25) is 9.59 Å². The Balaban J connectivity index is 1.44. The highest BCUT2D eigenvalue weighted by atomic mass is 32.2. The third-order valence-corrected chi connectivity index (χ3v) is 9.40. The number of nitrogens with zero attached hydrogens (tertiary/aromatic N) is 2. The number of methoxy groups -OCH3 is 1. The van der Waals surface area contributed by atoms with E-state index in [1.165, 1.54) is 29.8 Å². The number of aromatic nitrogens is 1. The number of amides is 2. The van der Waals surface area contributed by atoms with Crippen molar-refractivity contribution >= 4 is 73.4 Å².